The molecule has 15 heavy (non-hydrogen) atoms. The number of nitrogens with zero attached hydrogens (tertiary/aromatic N) is 2. The Morgan fingerprint density at radius 1 is 1.27 bits per heavy atom. The number of hydrogen-bond acceptors (Lipinski definition) is 5. The van der Waals surface area contributed by atoms with Gasteiger partial charge in [-0.15, -0.1) is 0 Å². The summed E-state index contributed by atoms with van der Waals surface area (Å²) in [5, 5.41) is 18.8. The van der Waals surface area contributed by atoms with E-state index in [1.54, 1.807) is 0 Å². The molecule has 2 rings (SSSR count). The van der Waals surface area contributed by atoms with Gasteiger partial charge in [0.2, 0.25) is 0 Å². The van der Waals surface area contributed by atoms with E-state index in [-0.39, 0.29) is 27.9 Å². The van der Waals surface area contributed by atoms with Gasteiger partial charge in [0.25, 0.3) is 10.1 Å². The van der Waals surface area contributed by atoms with E-state index >= 15 is 0 Å². The predicted octanol–water partition coefficient (Wildman–Crippen LogP) is -0.0923. The first-order valence-electron chi connectivity index (χ1n) is 3.50. The minimum Gasteiger partial charge on any atom is -0.504 e. The van der Waals surface area contributed by atoms with E-state index in [0.29, 0.717) is 5.52 Å². The van der Waals surface area contributed by atoms with Gasteiger partial charge >= 0.3 is 22.4 Å². The van der Waals surface area contributed by atoms with E-state index in [1.165, 1.54) is 6.07 Å². The number of hydrogen-bond donors (Lipinski definition) is 3. The van der Waals surface area contributed by atoms with Gasteiger partial charge in [0, 0.05) is 0 Å². The summed E-state index contributed by atoms with van der Waals surface area (Å²) in [6.07, 6.45) is 0. The molecule has 0 bridgehead atoms. The molecule has 7 nitrogen and oxygen atoms in total. The topological polar surface area (TPSA) is 116 Å². The molecule has 0 unspecified atom stereocenters. The Kier molecular flexibility index (Phi) is 3.16. The average molecular weight is 323 g/mol. The van der Waals surface area contributed by atoms with Crippen molar-refractivity contribution >= 4 is 21.2 Å². The van der Waals surface area contributed by atoms with Crippen molar-refractivity contribution in [3.63, 3.8) is 0 Å². The van der Waals surface area contributed by atoms with Crippen LogP contribution in [-0.2, 0) is 32.5 Å². The number of benzene rings is 1. The molecule has 0 spiro atoms. The van der Waals surface area contributed by atoms with Crippen LogP contribution in [0.1, 0.15) is 0 Å². The van der Waals surface area contributed by atoms with Crippen LogP contribution in [0.2, 0.25) is 0 Å². The number of aromatic amines is 1. The van der Waals surface area contributed by atoms with Crippen LogP contribution in [0.25, 0.3) is 11.0 Å². The van der Waals surface area contributed by atoms with E-state index in [1.807, 2.05) is 0 Å². The Labute approximate surface area is 99.8 Å². The van der Waals surface area contributed by atoms with Crippen molar-refractivity contribution in [2.24, 2.45) is 0 Å². The van der Waals surface area contributed by atoms with Crippen LogP contribution < -0.4 is 0 Å². The van der Waals surface area contributed by atoms with Crippen LogP contribution in [0, 0.1) is 0 Å². The van der Waals surface area contributed by atoms with Crippen LogP contribution in [0.3, 0.4) is 0 Å². The molecule has 0 saturated heterocycles. The summed E-state index contributed by atoms with van der Waals surface area (Å²) in [5.41, 5.74) is 0.315. The zero-order chi connectivity index (χ0) is 10.3. The number of rotatable bonds is 1. The maximum atomic E-state index is 10.8. The van der Waals surface area contributed by atoms with Crippen molar-refractivity contribution in [2.45, 2.75) is 4.90 Å². The quantitative estimate of drug-likeness (QED) is 0.499. The molecule has 0 atom stereocenters. The van der Waals surface area contributed by atoms with Gasteiger partial charge in [0.05, 0.1) is 0 Å². The Hall–Kier alpha value is -0.930. The summed E-state index contributed by atoms with van der Waals surface area (Å²) >= 11 is 0. The third kappa shape index (κ3) is 2.03. The van der Waals surface area contributed by atoms with Gasteiger partial charge in [-0.1, -0.05) is 0 Å². The minimum absolute atomic E-state index is 0. The molecule has 0 aliphatic heterocycles. The van der Waals surface area contributed by atoms with Crippen LogP contribution in [-0.4, -0.2) is 33.5 Å². The van der Waals surface area contributed by atoms with E-state index in [4.69, 9.17) is 4.55 Å². The molecule has 3 N–H and O–H groups in total. The van der Waals surface area contributed by atoms with Gasteiger partial charge in [0.1, 0.15) is 10.4 Å². The van der Waals surface area contributed by atoms with Crippen LogP contribution in [0.15, 0.2) is 17.0 Å². The third-order valence-electron chi connectivity index (χ3n) is 1.70. The standard InChI is InChI=1S/C6H5N3O4S.Ag/c10-6-4(14(11,12)13)2-1-3-5(6)8-9-7-3;/h1-2,10H,(H,7,8,9)(H,11,12,13);/q;+1. The second-order valence-corrected chi connectivity index (χ2v) is 3.97. The van der Waals surface area contributed by atoms with Crippen molar-refractivity contribution < 1.29 is 40.5 Å². The second-order valence-electron chi connectivity index (χ2n) is 2.58. The first-order valence-corrected chi connectivity index (χ1v) is 4.94. The van der Waals surface area contributed by atoms with Crippen molar-refractivity contribution in [3.8, 4) is 5.75 Å². The molecule has 0 aliphatic carbocycles. The summed E-state index contributed by atoms with van der Waals surface area (Å²) < 4.78 is 30.2. The maximum absolute atomic E-state index is 10.8. The zero-order valence-electron chi connectivity index (χ0n) is 6.97. The Bertz CT molecular complexity index is 593. The smallest absolute Gasteiger partial charge is 0.504 e. The van der Waals surface area contributed by atoms with Crippen molar-refractivity contribution in [3.05, 3.63) is 12.1 Å². The molecule has 9 heteroatoms. The Balaban J connectivity index is 0.00000112. The van der Waals surface area contributed by atoms with E-state index < -0.39 is 20.8 Å². The van der Waals surface area contributed by atoms with E-state index in [2.05, 4.69) is 15.4 Å². The van der Waals surface area contributed by atoms with Crippen LogP contribution in [0.4, 0.5) is 0 Å². The van der Waals surface area contributed by atoms with Gasteiger partial charge in [-0.2, -0.15) is 23.8 Å². The largest absolute Gasteiger partial charge is 1.00 e. The van der Waals surface area contributed by atoms with Gasteiger partial charge in [-0.25, -0.2) is 0 Å². The molecule has 0 amide bonds. The van der Waals surface area contributed by atoms with Gasteiger partial charge < -0.3 is 5.11 Å². The number of fused-ring (bicyclic) bond motifs is 1. The van der Waals surface area contributed by atoms with Crippen molar-refractivity contribution in [2.75, 3.05) is 0 Å². The van der Waals surface area contributed by atoms with E-state index in [0.717, 1.165) is 6.07 Å². The fraction of sp³-hybridized carbons (Fsp3) is 0. The number of phenolic OH excluding ortho intramolecular Hbond substituents is 1. The third-order valence-corrected chi connectivity index (χ3v) is 2.59. The van der Waals surface area contributed by atoms with E-state index in [9.17, 15) is 13.5 Å². The fourth-order valence-corrected chi connectivity index (χ4v) is 1.67. The van der Waals surface area contributed by atoms with Gasteiger partial charge in [-0.3, -0.25) is 4.55 Å². The molecule has 84 valence electrons. The first-order chi connectivity index (χ1) is 6.50. The second kappa shape index (κ2) is 3.91. The van der Waals surface area contributed by atoms with Crippen molar-refractivity contribution in [1.82, 2.24) is 15.4 Å². The van der Waals surface area contributed by atoms with Crippen LogP contribution >= 0.6 is 0 Å². The molecule has 1 aromatic carbocycles. The minimum atomic E-state index is -4.43. The van der Waals surface area contributed by atoms with Gasteiger partial charge in [-0.05, 0) is 12.1 Å². The number of phenols is 1. The number of aromatic hydroxyl groups is 1. The number of H-pyrrole nitrogens is 1. The van der Waals surface area contributed by atoms with Gasteiger partial charge in [0.15, 0.2) is 11.3 Å². The molecule has 2 aromatic rings. The molecular formula is C6H5AgN3O4S+. The summed E-state index contributed by atoms with van der Waals surface area (Å²) in [6.45, 7) is 0. The molecule has 0 saturated carbocycles. The molecule has 0 radical (unpaired) electrons. The summed E-state index contributed by atoms with van der Waals surface area (Å²) in [4.78, 5) is -0.584. The molecule has 0 fully saturated rings. The normalized spacial score (nSPS) is 11.3. The Morgan fingerprint density at radius 3 is 2.53 bits per heavy atom. The first kappa shape index (κ1) is 12.1. The maximum Gasteiger partial charge on any atom is 1.00 e. The summed E-state index contributed by atoms with van der Waals surface area (Å²) in [5.74, 6) is -0.612. The predicted molar refractivity (Wildman–Crippen MR) is 45.4 cm³/mol. The molecular weight excluding hydrogens is 318 g/mol. The molecule has 1 aromatic heterocycles. The summed E-state index contributed by atoms with van der Waals surface area (Å²) in [6, 6.07) is 2.37. The van der Waals surface area contributed by atoms with Crippen LogP contribution in [0.5, 0.6) is 5.75 Å². The fourth-order valence-electron chi connectivity index (χ4n) is 1.09. The SMILES string of the molecule is O=S(=O)(O)c1ccc2n[nH]nc2c1O.[Ag+]. The molecule has 1 heterocycles. The monoisotopic (exact) mass is 322 g/mol. The Morgan fingerprint density at radius 2 is 1.93 bits per heavy atom. The zero-order valence-corrected chi connectivity index (χ0v) is 9.27. The average Bonchev–Trinajstić information content (AvgIpc) is 2.50. The number of nitrogens with one attached hydrogen (secondary N) is 1. The van der Waals surface area contributed by atoms with Crippen molar-refractivity contribution in [1.29, 1.82) is 0 Å². The summed E-state index contributed by atoms with van der Waals surface area (Å²) in [7, 11) is -4.43. The molecule has 0 aliphatic rings. The number of aromatic nitrogens is 3.